The molecule has 0 radical (unpaired) electrons. The van der Waals surface area contributed by atoms with Crippen LogP contribution in [0.25, 0.3) is 21.3 Å². The number of hydrogen-bond donors (Lipinski definition) is 0. The van der Waals surface area contributed by atoms with Crippen LogP contribution in [0.5, 0.6) is 0 Å². The van der Waals surface area contributed by atoms with Gasteiger partial charge in [-0.05, 0) is 18.4 Å². The highest BCUT2D eigenvalue weighted by atomic mass is 32.2. The molecule has 4 nitrogen and oxygen atoms in total. The summed E-state index contributed by atoms with van der Waals surface area (Å²) in [7, 11) is 0. The highest BCUT2D eigenvalue weighted by Gasteiger charge is 2.14. The van der Waals surface area contributed by atoms with Crippen molar-refractivity contribution in [3.8, 4) is 21.3 Å². The van der Waals surface area contributed by atoms with E-state index in [1.54, 1.807) is 34.4 Å². The lowest BCUT2D eigenvalue weighted by Crippen LogP contribution is -1.99. The Morgan fingerprint density at radius 1 is 1.04 bits per heavy atom. The van der Waals surface area contributed by atoms with Crippen molar-refractivity contribution in [1.82, 2.24) is 19.7 Å². The van der Waals surface area contributed by atoms with Gasteiger partial charge in [0.1, 0.15) is 5.01 Å². The summed E-state index contributed by atoms with van der Waals surface area (Å²) >= 11 is 5.07. The van der Waals surface area contributed by atoms with Crippen LogP contribution in [0.2, 0.25) is 0 Å². The molecule has 126 valence electrons. The van der Waals surface area contributed by atoms with Gasteiger partial charge in [-0.1, -0.05) is 48.2 Å². The predicted octanol–water partition coefficient (Wildman–Crippen LogP) is 5.44. The van der Waals surface area contributed by atoms with Gasteiger partial charge >= 0.3 is 0 Å². The Morgan fingerprint density at radius 2 is 1.92 bits per heavy atom. The van der Waals surface area contributed by atoms with Crippen molar-refractivity contribution in [1.29, 1.82) is 0 Å². The number of thioether (sulfide) groups is 1. The van der Waals surface area contributed by atoms with Gasteiger partial charge in [0.25, 0.3) is 0 Å². The molecule has 0 N–H and O–H groups in total. The Balaban J connectivity index is 1.50. The second kappa shape index (κ2) is 7.51. The van der Waals surface area contributed by atoms with E-state index in [2.05, 4.69) is 50.6 Å². The molecule has 3 aromatic heterocycles. The molecular weight excluding hydrogens is 368 g/mol. The van der Waals surface area contributed by atoms with Gasteiger partial charge in [0.15, 0.2) is 11.0 Å². The summed E-state index contributed by atoms with van der Waals surface area (Å²) in [5.74, 6) is 1.74. The smallest absolute Gasteiger partial charge is 0.191 e. The Morgan fingerprint density at radius 3 is 2.68 bits per heavy atom. The van der Waals surface area contributed by atoms with E-state index in [9.17, 15) is 0 Å². The van der Waals surface area contributed by atoms with E-state index >= 15 is 0 Å². The predicted molar refractivity (Wildman–Crippen MR) is 106 cm³/mol. The first kappa shape index (κ1) is 16.5. The van der Waals surface area contributed by atoms with Crippen molar-refractivity contribution >= 4 is 34.4 Å². The molecule has 0 atom stereocenters. The second-order valence-corrected chi connectivity index (χ2v) is 8.07. The molecule has 4 rings (SSSR count). The van der Waals surface area contributed by atoms with Crippen LogP contribution in [-0.2, 0) is 12.3 Å². The van der Waals surface area contributed by atoms with Gasteiger partial charge < -0.3 is 4.57 Å². The topological polar surface area (TPSA) is 43.6 Å². The van der Waals surface area contributed by atoms with Crippen LogP contribution in [0.3, 0.4) is 0 Å². The number of hydrogen-bond acceptors (Lipinski definition) is 6. The summed E-state index contributed by atoms with van der Waals surface area (Å²) in [4.78, 5) is 5.90. The average molecular weight is 385 g/mol. The third-order valence-corrected chi connectivity index (χ3v) is 6.50. The van der Waals surface area contributed by atoms with Gasteiger partial charge in [-0.2, -0.15) is 0 Å². The molecule has 0 unspecified atom stereocenters. The van der Waals surface area contributed by atoms with Gasteiger partial charge in [-0.25, -0.2) is 4.98 Å². The lowest BCUT2D eigenvalue weighted by molar-refractivity contribution is 0.688. The van der Waals surface area contributed by atoms with Crippen molar-refractivity contribution in [2.45, 2.75) is 24.4 Å². The second-order valence-electron chi connectivity index (χ2n) is 5.33. The number of benzene rings is 1. The standard InChI is InChI=1S/C18H16N4S3/c1-2-22-16(15-9-6-10-23-15)20-21-18(22)25-12-14-11-24-17(19-14)13-7-4-3-5-8-13/h3-11H,2,12H2,1H3. The maximum atomic E-state index is 4.75. The molecule has 0 amide bonds. The van der Waals surface area contributed by atoms with Crippen LogP contribution < -0.4 is 0 Å². The number of rotatable bonds is 6. The summed E-state index contributed by atoms with van der Waals surface area (Å²) in [5.41, 5.74) is 2.25. The van der Waals surface area contributed by atoms with Crippen LogP contribution >= 0.6 is 34.4 Å². The Hall–Kier alpha value is -1.96. The molecule has 1 aromatic carbocycles. The molecule has 4 aromatic rings. The van der Waals surface area contributed by atoms with Crippen molar-refractivity contribution in [2.75, 3.05) is 0 Å². The van der Waals surface area contributed by atoms with E-state index in [0.29, 0.717) is 0 Å². The zero-order chi connectivity index (χ0) is 17.1. The van der Waals surface area contributed by atoms with Gasteiger partial charge in [0, 0.05) is 23.2 Å². The maximum absolute atomic E-state index is 4.75. The summed E-state index contributed by atoms with van der Waals surface area (Å²) in [5, 5.41) is 15.0. The van der Waals surface area contributed by atoms with Crippen LogP contribution in [0.1, 0.15) is 12.6 Å². The highest BCUT2D eigenvalue weighted by Crippen LogP contribution is 2.30. The van der Waals surface area contributed by atoms with Gasteiger partial charge in [-0.3, -0.25) is 0 Å². The summed E-state index contributed by atoms with van der Waals surface area (Å²) in [6.07, 6.45) is 0. The van der Waals surface area contributed by atoms with Crippen molar-refractivity contribution in [2.24, 2.45) is 0 Å². The molecule has 7 heteroatoms. The minimum atomic E-state index is 0.798. The Bertz CT molecular complexity index is 942. The van der Waals surface area contributed by atoms with Gasteiger partial charge in [-0.15, -0.1) is 32.9 Å². The minimum absolute atomic E-state index is 0.798. The molecular formula is C18H16N4S3. The third-order valence-electron chi connectivity index (χ3n) is 3.70. The normalized spacial score (nSPS) is 11.1. The monoisotopic (exact) mass is 384 g/mol. The molecule has 0 fully saturated rings. The zero-order valence-corrected chi connectivity index (χ0v) is 16.1. The van der Waals surface area contributed by atoms with Crippen molar-refractivity contribution in [3.63, 3.8) is 0 Å². The summed E-state index contributed by atoms with van der Waals surface area (Å²) < 4.78 is 2.17. The number of thiophene rings is 1. The molecule has 25 heavy (non-hydrogen) atoms. The molecule has 0 aliphatic heterocycles. The largest absolute Gasteiger partial charge is 0.302 e. The van der Waals surface area contributed by atoms with Crippen LogP contribution in [0.15, 0.2) is 58.4 Å². The van der Waals surface area contributed by atoms with Crippen molar-refractivity contribution < 1.29 is 0 Å². The fourth-order valence-electron chi connectivity index (χ4n) is 2.49. The number of nitrogens with zero attached hydrogens (tertiary/aromatic N) is 4. The summed E-state index contributed by atoms with van der Waals surface area (Å²) in [6.45, 7) is 2.98. The fraction of sp³-hybridized carbons (Fsp3) is 0.167. The number of aromatic nitrogens is 4. The zero-order valence-electron chi connectivity index (χ0n) is 13.6. The first-order valence-corrected chi connectivity index (χ1v) is 10.7. The quantitative estimate of drug-likeness (QED) is 0.415. The first-order chi connectivity index (χ1) is 12.3. The molecule has 0 saturated carbocycles. The lowest BCUT2D eigenvalue weighted by Gasteiger charge is -2.05. The van der Waals surface area contributed by atoms with E-state index in [4.69, 9.17) is 4.98 Å². The van der Waals surface area contributed by atoms with E-state index in [-0.39, 0.29) is 0 Å². The van der Waals surface area contributed by atoms with E-state index < -0.39 is 0 Å². The van der Waals surface area contributed by atoms with Crippen LogP contribution in [0, 0.1) is 0 Å². The van der Waals surface area contributed by atoms with E-state index in [1.807, 2.05) is 24.3 Å². The number of thiazole rings is 1. The van der Waals surface area contributed by atoms with Crippen LogP contribution in [0.4, 0.5) is 0 Å². The van der Waals surface area contributed by atoms with Gasteiger partial charge in [0.05, 0.1) is 10.6 Å². The summed E-state index contributed by atoms with van der Waals surface area (Å²) in [6, 6.07) is 14.4. The lowest BCUT2D eigenvalue weighted by atomic mass is 10.2. The fourth-order valence-corrected chi connectivity index (χ4v) is 5.04. The third kappa shape index (κ3) is 3.53. The molecule has 0 saturated heterocycles. The maximum Gasteiger partial charge on any atom is 0.191 e. The molecule has 0 aliphatic carbocycles. The minimum Gasteiger partial charge on any atom is -0.302 e. The molecule has 0 bridgehead atoms. The SMILES string of the molecule is CCn1c(SCc2csc(-c3ccccc3)n2)nnc1-c1cccs1. The molecule has 0 spiro atoms. The molecule has 3 heterocycles. The van der Waals surface area contributed by atoms with E-state index in [0.717, 1.165) is 38.9 Å². The Kier molecular flexibility index (Phi) is 4.96. The first-order valence-electron chi connectivity index (χ1n) is 7.95. The molecule has 0 aliphatic rings. The van der Waals surface area contributed by atoms with E-state index in [1.165, 1.54) is 5.56 Å². The van der Waals surface area contributed by atoms with Gasteiger partial charge in [0.2, 0.25) is 0 Å². The highest BCUT2D eigenvalue weighted by molar-refractivity contribution is 7.98. The average Bonchev–Trinajstić information content (AvgIpc) is 3.39. The van der Waals surface area contributed by atoms with Crippen molar-refractivity contribution in [3.05, 3.63) is 58.9 Å². The Labute approximate surface area is 158 Å². The van der Waals surface area contributed by atoms with Crippen LogP contribution in [-0.4, -0.2) is 19.7 Å².